The summed E-state index contributed by atoms with van der Waals surface area (Å²) in [6.07, 6.45) is 4.49. The molecule has 1 aliphatic heterocycles. The molecule has 0 N–H and O–H groups in total. The topological polar surface area (TPSA) is 51.2 Å². The molecule has 6 nitrogen and oxygen atoms in total. The van der Waals surface area contributed by atoms with Gasteiger partial charge in [0.15, 0.2) is 5.82 Å². The van der Waals surface area contributed by atoms with Crippen molar-refractivity contribution in [1.82, 2.24) is 24.1 Å². The number of anilines is 1. The fourth-order valence-electron chi connectivity index (χ4n) is 3.89. The molecule has 1 aliphatic rings. The highest BCUT2D eigenvalue weighted by Crippen LogP contribution is 2.31. The minimum atomic E-state index is 0.545. The van der Waals surface area contributed by atoms with Gasteiger partial charge in [-0.2, -0.15) is 0 Å². The lowest BCUT2D eigenvalue weighted by molar-refractivity contribution is 0.484. The largest absolute Gasteiger partial charge is 0.338 e. The third kappa shape index (κ3) is 2.20. The zero-order valence-corrected chi connectivity index (χ0v) is 14.8. The van der Waals surface area contributed by atoms with E-state index in [4.69, 9.17) is 0 Å². The second kappa shape index (κ2) is 5.61. The Kier molecular flexibility index (Phi) is 3.55. The van der Waals surface area contributed by atoms with Gasteiger partial charge in [-0.1, -0.05) is 19.9 Å². The first kappa shape index (κ1) is 15.2. The summed E-state index contributed by atoms with van der Waals surface area (Å²) < 4.78 is 4.21. The fourth-order valence-corrected chi connectivity index (χ4v) is 3.89. The highest BCUT2D eigenvalue weighted by atomic mass is 15.4. The number of hydrogen-bond donors (Lipinski definition) is 0. The molecule has 3 aromatic rings. The molecule has 1 fully saturated rings. The van der Waals surface area contributed by atoms with E-state index in [0.717, 1.165) is 35.4 Å². The molecule has 0 amide bonds. The van der Waals surface area contributed by atoms with E-state index in [9.17, 15) is 0 Å². The first-order chi connectivity index (χ1) is 11.6. The standard InChI is InChI=1S/C18H24N6/c1-12(2)14-8-7-11-23(14)18-21-20-17(22(18)4)16-13(3)19-15-9-5-6-10-24(15)16/h5-6,9-10,12,14H,7-8,11H2,1-4H3. The minimum absolute atomic E-state index is 0.545. The summed E-state index contributed by atoms with van der Waals surface area (Å²) in [5, 5.41) is 9.05. The molecule has 4 heterocycles. The minimum Gasteiger partial charge on any atom is -0.338 e. The fraction of sp³-hybridized carbons (Fsp3) is 0.500. The highest BCUT2D eigenvalue weighted by Gasteiger charge is 2.31. The van der Waals surface area contributed by atoms with Gasteiger partial charge in [0, 0.05) is 25.8 Å². The molecule has 24 heavy (non-hydrogen) atoms. The third-order valence-electron chi connectivity index (χ3n) is 5.09. The Hall–Kier alpha value is -2.37. The van der Waals surface area contributed by atoms with Gasteiger partial charge in [0.2, 0.25) is 5.95 Å². The summed E-state index contributed by atoms with van der Waals surface area (Å²) in [7, 11) is 2.06. The van der Waals surface area contributed by atoms with E-state index < -0.39 is 0 Å². The molecule has 1 unspecified atom stereocenters. The molecule has 1 atom stereocenters. The molecule has 6 heteroatoms. The van der Waals surface area contributed by atoms with Crippen molar-refractivity contribution >= 4 is 11.6 Å². The van der Waals surface area contributed by atoms with Crippen molar-refractivity contribution in [2.24, 2.45) is 13.0 Å². The average Bonchev–Trinajstić information content (AvgIpc) is 3.23. The Labute approximate surface area is 142 Å². The predicted octanol–water partition coefficient (Wildman–Crippen LogP) is 3.06. The average molecular weight is 324 g/mol. The molecule has 1 saturated heterocycles. The van der Waals surface area contributed by atoms with Gasteiger partial charge in [0.25, 0.3) is 0 Å². The molecule has 0 aliphatic carbocycles. The number of nitrogens with zero attached hydrogens (tertiary/aromatic N) is 6. The summed E-state index contributed by atoms with van der Waals surface area (Å²) in [4.78, 5) is 7.07. The molecular weight excluding hydrogens is 300 g/mol. The highest BCUT2D eigenvalue weighted by molar-refractivity contribution is 5.62. The number of rotatable bonds is 3. The molecule has 0 bridgehead atoms. The number of aryl methyl sites for hydroxylation is 1. The molecule has 3 aromatic heterocycles. The van der Waals surface area contributed by atoms with Crippen molar-refractivity contribution < 1.29 is 0 Å². The number of fused-ring (bicyclic) bond motifs is 1. The van der Waals surface area contributed by atoms with E-state index in [0.29, 0.717) is 12.0 Å². The Balaban J connectivity index is 1.81. The Bertz CT molecular complexity index is 875. The van der Waals surface area contributed by atoms with Crippen LogP contribution in [-0.4, -0.2) is 36.7 Å². The number of imidazole rings is 1. The third-order valence-corrected chi connectivity index (χ3v) is 5.09. The first-order valence-corrected chi connectivity index (χ1v) is 8.68. The van der Waals surface area contributed by atoms with Crippen molar-refractivity contribution in [3.05, 3.63) is 30.1 Å². The number of aromatic nitrogens is 5. The first-order valence-electron chi connectivity index (χ1n) is 8.68. The molecule has 0 aromatic carbocycles. The van der Waals surface area contributed by atoms with Crippen LogP contribution in [0.4, 0.5) is 5.95 Å². The quantitative estimate of drug-likeness (QED) is 0.743. The zero-order valence-electron chi connectivity index (χ0n) is 14.8. The maximum absolute atomic E-state index is 4.65. The van der Waals surface area contributed by atoms with Crippen molar-refractivity contribution in [3.8, 4) is 11.5 Å². The van der Waals surface area contributed by atoms with Gasteiger partial charge in [0.1, 0.15) is 11.3 Å². The predicted molar refractivity (Wildman–Crippen MR) is 95.1 cm³/mol. The van der Waals surface area contributed by atoms with E-state index in [1.54, 1.807) is 0 Å². The second-order valence-electron chi connectivity index (χ2n) is 7.00. The monoisotopic (exact) mass is 324 g/mol. The molecule has 4 rings (SSSR count). The number of hydrogen-bond acceptors (Lipinski definition) is 4. The van der Waals surface area contributed by atoms with Crippen LogP contribution in [0.1, 0.15) is 32.4 Å². The van der Waals surface area contributed by atoms with Crippen LogP contribution in [0.5, 0.6) is 0 Å². The van der Waals surface area contributed by atoms with Crippen molar-refractivity contribution in [3.63, 3.8) is 0 Å². The maximum atomic E-state index is 4.65. The van der Waals surface area contributed by atoms with Gasteiger partial charge in [-0.25, -0.2) is 4.98 Å². The summed E-state index contributed by atoms with van der Waals surface area (Å²) in [5.74, 6) is 2.45. The SMILES string of the molecule is Cc1nc2ccccn2c1-c1nnc(N2CCCC2C(C)C)n1C. The van der Waals surface area contributed by atoms with Crippen LogP contribution in [0.3, 0.4) is 0 Å². The molecule has 0 spiro atoms. The van der Waals surface area contributed by atoms with Gasteiger partial charge < -0.3 is 4.90 Å². The van der Waals surface area contributed by atoms with Crippen LogP contribution < -0.4 is 4.90 Å². The second-order valence-corrected chi connectivity index (χ2v) is 7.00. The number of pyridine rings is 1. The maximum Gasteiger partial charge on any atom is 0.227 e. The van der Waals surface area contributed by atoms with Crippen LogP contribution in [0.15, 0.2) is 24.4 Å². The smallest absolute Gasteiger partial charge is 0.227 e. The summed E-state index contributed by atoms with van der Waals surface area (Å²) in [6, 6.07) is 6.59. The van der Waals surface area contributed by atoms with Gasteiger partial charge >= 0.3 is 0 Å². The van der Waals surface area contributed by atoms with Crippen molar-refractivity contribution in [1.29, 1.82) is 0 Å². The lowest BCUT2D eigenvalue weighted by atomic mass is 10.0. The lowest BCUT2D eigenvalue weighted by Gasteiger charge is -2.28. The van der Waals surface area contributed by atoms with Crippen LogP contribution in [-0.2, 0) is 7.05 Å². The molecule has 126 valence electrons. The molecular formula is C18H24N6. The van der Waals surface area contributed by atoms with Gasteiger partial charge in [-0.3, -0.25) is 8.97 Å². The van der Waals surface area contributed by atoms with Crippen molar-refractivity contribution in [2.75, 3.05) is 11.4 Å². The van der Waals surface area contributed by atoms with E-state index >= 15 is 0 Å². The molecule has 0 radical (unpaired) electrons. The zero-order chi connectivity index (χ0) is 16.8. The van der Waals surface area contributed by atoms with Gasteiger partial charge in [-0.05, 0) is 37.8 Å². The Morgan fingerprint density at radius 2 is 2.04 bits per heavy atom. The van der Waals surface area contributed by atoms with Crippen LogP contribution in [0, 0.1) is 12.8 Å². The van der Waals surface area contributed by atoms with Crippen LogP contribution in [0.25, 0.3) is 17.2 Å². The summed E-state index contributed by atoms with van der Waals surface area (Å²) in [5.41, 5.74) is 2.94. The van der Waals surface area contributed by atoms with Gasteiger partial charge in [-0.15, -0.1) is 10.2 Å². The normalized spacial score (nSPS) is 18.2. The molecule has 0 saturated carbocycles. The van der Waals surface area contributed by atoms with E-state index in [2.05, 4.69) is 49.9 Å². The van der Waals surface area contributed by atoms with Crippen molar-refractivity contribution in [2.45, 2.75) is 39.7 Å². The van der Waals surface area contributed by atoms with E-state index in [-0.39, 0.29) is 0 Å². The van der Waals surface area contributed by atoms with E-state index in [1.807, 2.05) is 31.3 Å². The summed E-state index contributed by atoms with van der Waals surface area (Å²) >= 11 is 0. The van der Waals surface area contributed by atoms with Gasteiger partial charge in [0.05, 0.1) is 5.69 Å². The lowest BCUT2D eigenvalue weighted by Crippen LogP contribution is -2.35. The van der Waals surface area contributed by atoms with Crippen LogP contribution >= 0.6 is 0 Å². The van der Waals surface area contributed by atoms with E-state index in [1.165, 1.54) is 12.8 Å². The van der Waals surface area contributed by atoms with Crippen LogP contribution in [0.2, 0.25) is 0 Å². The Morgan fingerprint density at radius 1 is 1.21 bits per heavy atom. The summed E-state index contributed by atoms with van der Waals surface area (Å²) in [6.45, 7) is 7.66. The Morgan fingerprint density at radius 3 is 2.83 bits per heavy atom.